The summed E-state index contributed by atoms with van der Waals surface area (Å²) in [7, 11) is 3.56. The molecule has 0 radical (unpaired) electrons. The molecule has 7 heteroatoms. The minimum absolute atomic E-state index is 0.215. The van der Waals surface area contributed by atoms with Gasteiger partial charge < -0.3 is 14.4 Å². The van der Waals surface area contributed by atoms with Crippen LogP contribution < -0.4 is 9.80 Å². The molecule has 160 valence electrons. The largest absolute Gasteiger partial charge is 0.452 e. The summed E-state index contributed by atoms with van der Waals surface area (Å²) in [4.78, 5) is 30.7. The first kappa shape index (κ1) is 21.4. The Hall–Kier alpha value is -2.28. The SMILES string of the molecule is CCOC(=O)N1C[C@H](C)N(C(=O)OC)c2ccc(C(CC)CN(C)C3CC3)cc21. The highest BCUT2D eigenvalue weighted by Crippen LogP contribution is 2.39. The van der Waals surface area contributed by atoms with Crippen molar-refractivity contribution in [3.63, 3.8) is 0 Å². The van der Waals surface area contributed by atoms with Gasteiger partial charge in [0.15, 0.2) is 0 Å². The number of rotatable bonds is 6. The number of ether oxygens (including phenoxy) is 2. The van der Waals surface area contributed by atoms with Crippen LogP contribution in [0.5, 0.6) is 0 Å². The number of anilines is 2. The standard InChI is InChI=1S/C22H33N3O4/c1-6-16(14-23(4)18-9-10-18)17-8-11-19-20(12-17)24(21(26)29-7-2)13-15(3)25(19)22(27)28-5/h8,11-12,15-16,18H,6-7,9-10,13-14H2,1-5H3/t15-,16?/m0/s1. The molecular weight excluding hydrogens is 370 g/mol. The van der Waals surface area contributed by atoms with Gasteiger partial charge in [-0.25, -0.2) is 9.59 Å². The quantitative estimate of drug-likeness (QED) is 0.712. The molecule has 2 aliphatic rings. The van der Waals surface area contributed by atoms with Crippen molar-refractivity contribution in [2.24, 2.45) is 0 Å². The van der Waals surface area contributed by atoms with Gasteiger partial charge in [0.25, 0.3) is 0 Å². The van der Waals surface area contributed by atoms with E-state index in [1.54, 1.807) is 16.7 Å². The van der Waals surface area contributed by atoms with Crippen molar-refractivity contribution in [2.75, 3.05) is 43.7 Å². The third-order valence-corrected chi connectivity index (χ3v) is 5.94. The molecule has 0 bridgehead atoms. The predicted octanol–water partition coefficient (Wildman–Crippen LogP) is 4.21. The summed E-state index contributed by atoms with van der Waals surface area (Å²) in [6.07, 6.45) is 2.76. The molecule has 1 aromatic carbocycles. The van der Waals surface area contributed by atoms with Crippen LogP contribution >= 0.6 is 0 Å². The van der Waals surface area contributed by atoms with Crippen molar-refractivity contribution in [2.45, 2.75) is 58.0 Å². The van der Waals surface area contributed by atoms with Crippen LogP contribution in [-0.4, -0.2) is 63.0 Å². The number of hydrogen-bond donors (Lipinski definition) is 0. The Bertz CT molecular complexity index is 750. The van der Waals surface area contributed by atoms with E-state index in [1.165, 1.54) is 25.5 Å². The minimum atomic E-state index is -0.421. The van der Waals surface area contributed by atoms with Gasteiger partial charge in [-0.05, 0) is 63.8 Å². The van der Waals surface area contributed by atoms with E-state index in [0.717, 1.165) is 13.0 Å². The van der Waals surface area contributed by atoms with Crippen molar-refractivity contribution in [1.29, 1.82) is 0 Å². The number of hydrogen-bond acceptors (Lipinski definition) is 5. The first-order chi connectivity index (χ1) is 13.9. The lowest BCUT2D eigenvalue weighted by molar-refractivity contribution is 0.157. The molecule has 3 rings (SSSR count). The fourth-order valence-electron chi connectivity index (χ4n) is 4.13. The summed E-state index contributed by atoms with van der Waals surface area (Å²) >= 11 is 0. The van der Waals surface area contributed by atoms with E-state index in [1.807, 2.05) is 19.1 Å². The predicted molar refractivity (Wildman–Crippen MR) is 114 cm³/mol. The maximum absolute atomic E-state index is 12.6. The zero-order valence-electron chi connectivity index (χ0n) is 18.2. The second kappa shape index (κ2) is 9.03. The summed E-state index contributed by atoms with van der Waals surface area (Å²) in [6, 6.07) is 6.54. The van der Waals surface area contributed by atoms with Crippen molar-refractivity contribution in [3.05, 3.63) is 23.8 Å². The summed E-state index contributed by atoms with van der Waals surface area (Å²) in [6.45, 7) is 7.54. The summed E-state index contributed by atoms with van der Waals surface area (Å²) < 4.78 is 10.3. The van der Waals surface area contributed by atoms with E-state index >= 15 is 0 Å². The first-order valence-electron chi connectivity index (χ1n) is 10.6. The van der Waals surface area contributed by atoms with Gasteiger partial charge >= 0.3 is 12.2 Å². The minimum Gasteiger partial charge on any atom is -0.452 e. The van der Waals surface area contributed by atoms with E-state index < -0.39 is 6.09 Å². The maximum Gasteiger partial charge on any atom is 0.414 e. The lowest BCUT2D eigenvalue weighted by Gasteiger charge is -2.40. The summed E-state index contributed by atoms with van der Waals surface area (Å²) in [5.41, 5.74) is 2.56. The Morgan fingerprint density at radius 1 is 1.21 bits per heavy atom. The molecule has 0 saturated heterocycles. The second-order valence-electron chi connectivity index (χ2n) is 8.02. The van der Waals surface area contributed by atoms with E-state index in [-0.39, 0.29) is 12.1 Å². The second-order valence-corrected chi connectivity index (χ2v) is 8.02. The van der Waals surface area contributed by atoms with Gasteiger partial charge in [0.1, 0.15) is 0 Å². The Balaban J connectivity index is 1.97. The molecule has 1 aliphatic heterocycles. The van der Waals surface area contributed by atoms with Crippen LogP contribution in [0.15, 0.2) is 18.2 Å². The maximum atomic E-state index is 12.6. The highest BCUT2D eigenvalue weighted by Gasteiger charge is 2.37. The Kier molecular flexibility index (Phi) is 6.67. The molecule has 2 amide bonds. The van der Waals surface area contributed by atoms with Crippen LogP contribution in [0.3, 0.4) is 0 Å². The molecule has 2 atom stereocenters. The van der Waals surface area contributed by atoms with Gasteiger partial charge in [0.2, 0.25) is 0 Å². The molecule has 0 aromatic heterocycles. The van der Waals surface area contributed by atoms with Crippen LogP contribution in [0, 0.1) is 0 Å². The number of likely N-dealkylation sites (N-methyl/N-ethyl adjacent to an activating group) is 1. The first-order valence-corrected chi connectivity index (χ1v) is 10.6. The third-order valence-electron chi connectivity index (χ3n) is 5.94. The monoisotopic (exact) mass is 403 g/mol. The van der Waals surface area contributed by atoms with Crippen LogP contribution in [0.4, 0.5) is 21.0 Å². The molecule has 1 heterocycles. The van der Waals surface area contributed by atoms with Gasteiger partial charge in [-0.1, -0.05) is 13.0 Å². The Morgan fingerprint density at radius 3 is 2.52 bits per heavy atom. The molecule has 1 saturated carbocycles. The average molecular weight is 404 g/mol. The molecule has 1 aromatic rings. The van der Waals surface area contributed by atoms with E-state index in [4.69, 9.17) is 9.47 Å². The summed E-state index contributed by atoms with van der Waals surface area (Å²) in [5, 5.41) is 0. The van der Waals surface area contributed by atoms with Crippen molar-refractivity contribution in [1.82, 2.24) is 4.90 Å². The number of carbonyl (C=O) groups excluding carboxylic acids is 2. The normalized spacial score (nSPS) is 19.7. The molecule has 1 fully saturated rings. The van der Waals surface area contributed by atoms with Crippen molar-refractivity contribution < 1.29 is 19.1 Å². The summed E-state index contributed by atoms with van der Waals surface area (Å²) in [5.74, 6) is 0.362. The number of fused-ring (bicyclic) bond motifs is 1. The van der Waals surface area contributed by atoms with E-state index in [2.05, 4.69) is 24.9 Å². The van der Waals surface area contributed by atoms with Crippen molar-refractivity contribution >= 4 is 23.6 Å². The molecule has 7 nitrogen and oxygen atoms in total. The van der Waals surface area contributed by atoms with Gasteiger partial charge in [-0.15, -0.1) is 0 Å². The number of amides is 2. The zero-order chi connectivity index (χ0) is 21.1. The molecular formula is C22H33N3O4. The van der Waals surface area contributed by atoms with Crippen LogP contribution in [0.2, 0.25) is 0 Å². The van der Waals surface area contributed by atoms with Gasteiger partial charge in [-0.2, -0.15) is 0 Å². The topological polar surface area (TPSA) is 62.3 Å². The molecule has 1 unspecified atom stereocenters. The van der Waals surface area contributed by atoms with E-state index in [9.17, 15) is 9.59 Å². The van der Waals surface area contributed by atoms with E-state index in [0.29, 0.717) is 36.5 Å². The number of methoxy groups -OCH3 is 1. The van der Waals surface area contributed by atoms with Gasteiger partial charge in [0, 0.05) is 12.6 Å². The lowest BCUT2D eigenvalue weighted by atomic mass is 9.93. The molecule has 29 heavy (non-hydrogen) atoms. The highest BCUT2D eigenvalue weighted by molar-refractivity contribution is 6.00. The van der Waals surface area contributed by atoms with Crippen LogP contribution in [0.1, 0.15) is 51.5 Å². The van der Waals surface area contributed by atoms with Crippen LogP contribution in [0.25, 0.3) is 0 Å². The fourth-order valence-corrected chi connectivity index (χ4v) is 4.13. The smallest absolute Gasteiger partial charge is 0.414 e. The number of benzene rings is 1. The zero-order valence-corrected chi connectivity index (χ0v) is 18.2. The molecule has 0 N–H and O–H groups in total. The number of carbonyl (C=O) groups is 2. The van der Waals surface area contributed by atoms with Crippen LogP contribution in [-0.2, 0) is 9.47 Å². The van der Waals surface area contributed by atoms with Crippen molar-refractivity contribution in [3.8, 4) is 0 Å². The highest BCUT2D eigenvalue weighted by atomic mass is 16.6. The fraction of sp³-hybridized carbons (Fsp3) is 0.636. The Labute approximate surface area is 173 Å². The average Bonchev–Trinajstić information content (AvgIpc) is 3.56. The lowest BCUT2D eigenvalue weighted by Crippen LogP contribution is -2.52. The molecule has 1 aliphatic carbocycles. The van der Waals surface area contributed by atoms with Gasteiger partial charge in [-0.3, -0.25) is 9.80 Å². The Morgan fingerprint density at radius 2 is 1.93 bits per heavy atom. The number of nitrogens with zero attached hydrogens (tertiary/aromatic N) is 3. The molecule has 0 spiro atoms. The third kappa shape index (κ3) is 4.50. The van der Waals surface area contributed by atoms with Gasteiger partial charge in [0.05, 0.1) is 37.7 Å².